The first-order valence-electron chi connectivity index (χ1n) is 7.96. The van der Waals surface area contributed by atoms with Crippen LogP contribution in [0, 0.1) is 17.6 Å². The third-order valence-electron chi connectivity index (χ3n) is 4.57. The molecule has 1 saturated carbocycles. The molecule has 1 N–H and O–H groups in total. The lowest BCUT2D eigenvalue weighted by Crippen LogP contribution is -2.40. The summed E-state index contributed by atoms with van der Waals surface area (Å²) in [6.45, 7) is 5.42. The van der Waals surface area contributed by atoms with Crippen molar-refractivity contribution in [1.29, 1.82) is 0 Å². The molecular formula is C17H26F2N2. The van der Waals surface area contributed by atoms with E-state index in [2.05, 4.69) is 12.2 Å². The van der Waals surface area contributed by atoms with Gasteiger partial charge in [0.1, 0.15) is 17.3 Å². The lowest BCUT2D eigenvalue weighted by Gasteiger charge is -2.38. The molecule has 1 aliphatic carbocycles. The van der Waals surface area contributed by atoms with Gasteiger partial charge in [-0.3, -0.25) is 0 Å². The SMILES string of the molecule is CCNCc1cc(F)c(N(C)C2CCCCC2C)c(F)c1. The zero-order valence-electron chi connectivity index (χ0n) is 13.3. The third-order valence-corrected chi connectivity index (χ3v) is 4.57. The number of halogens is 2. The van der Waals surface area contributed by atoms with Gasteiger partial charge in [0.25, 0.3) is 0 Å². The largest absolute Gasteiger partial charge is 0.367 e. The molecule has 2 atom stereocenters. The highest BCUT2D eigenvalue weighted by atomic mass is 19.1. The van der Waals surface area contributed by atoms with Crippen LogP contribution >= 0.6 is 0 Å². The second-order valence-corrected chi connectivity index (χ2v) is 6.13. The van der Waals surface area contributed by atoms with Gasteiger partial charge in [-0.15, -0.1) is 0 Å². The number of hydrogen-bond acceptors (Lipinski definition) is 2. The van der Waals surface area contributed by atoms with Crippen LogP contribution in [0.5, 0.6) is 0 Å². The van der Waals surface area contributed by atoms with E-state index in [1.807, 2.05) is 18.9 Å². The quantitative estimate of drug-likeness (QED) is 0.880. The number of nitrogens with one attached hydrogen (secondary N) is 1. The summed E-state index contributed by atoms with van der Waals surface area (Å²) in [6, 6.07) is 3.12. The average molecular weight is 296 g/mol. The fraction of sp³-hybridized carbons (Fsp3) is 0.647. The Labute approximate surface area is 126 Å². The van der Waals surface area contributed by atoms with E-state index in [1.165, 1.54) is 18.6 Å². The highest BCUT2D eigenvalue weighted by Crippen LogP contribution is 2.33. The predicted octanol–water partition coefficient (Wildman–Crippen LogP) is 4.09. The molecule has 4 heteroatoms. The molecule has 1 fully saturated rings. The minimum Gasteiger partial charge on any atom is -0.367 e. The van der Waals surface area contributed by atoms with Crippen LogP contribution in [0.4, 0.5) is 14.5 Å². The Kier molecular flexibility index (Phi) is 5.57. The first kappa shape index (κ1) is 16.2. The Morgan fingerprint density at radius 2 is 1.81 bits per heavy atom. The Hall–Kier alpha value is -1.16. The minimum atomic E-state index is -0.455. The Balaban J connectivity index is 2.22. The van der Waals surface area contributed by atoms with Gasteiger partial charge in [0.05, 0.1) is 0 Å². The van der Waals surface area contributed by atoms with Crippen LogP contribution in [-0.4, -0.2) is 19.6 Å². The van der Waals surface area contributed by atoms with E-state index < -0.39 is 11.6 Å². The van der Waals surface area contributed by atoms with Crippen molar-refractivity contribution < 1.29 is 8.78 Å². The zero-order chi connectivity index (χ0) is 15.4. The van der Waals surface area contributed by atoms with Gasteiger partial charge in [0, 0.05) is 19.6 Å². The van der Waals surface area contributed by atoms with Crippen LogP contribution < -0.4 is 10.2 Å². The summed E-state index contributed by atoms with van der Waals surface area (Å²) in [5.74, 6) is -0.435. The van der Waals surface area contributed by atoms with E-state index in [1.54, 1.807) is 0 Å². The van der Waals surface area contributed by atoms with Crippen LogP contribution in [-0.2, 0) is 6.54 Å². The van der Waals surface area contributed by atoms with Gasteiger partial charge in [0.15, 0.2) is 0 Å². The molecule has 0 bridgehead atoms. The molecular weight excluding hydrogens is 270 g/mol. The summed E-state index contributed by atoms with van der Waals surface area (Å²) in [6.07, 6.45) is 4.51. The number of nitrogens with zero attached hydrogens (tertiary/aromatic N) is 1. The zero-order valence-corrected chi connectivity index (χ0v) is 13.3. The van der Waals surface area contributed by atoms with Crippen molar-refractivity contribution in [2.24, 2.45) is 5.92 Å². The van der Waals surface area contributed by atoms with Crippen LogP contribution in [0.2, 0.25) is 0 Å². The minimum absolute atomic E-state index is 0.119. The maximum Gasteiger partial charge on any atom is 0.149 e. The molecule has 118 valence electrons. The number of hydrogen-bond donors (Lipinski definition) is 1. The van der Waals surface area contributed by atoms with Gasteiger partial charge >= 0.3 is 0 Å². The average Bonchev–Trinajstić information content (AvgIpc) is 2.44. The van der Waals surface area contributed by atoms with Crippen molar-refractivity contribution in [3.63, 3.8) is 0 Å². The van der Waals surface area contributed by atoms with Gasteiger partial charge in [-0.1, -0.05) is 26.7 Å². The normalized spacial score (nSPS) is 22.3. The molecule has 0 saturated heterocycles. The highest BCUT2D eigenvalue weighted by Gasteiger charge is 2.28. The predicted molar refractivity (Wildman–Crippen MR) is 83.6 cm³/mol. The summed E-state index contributed by atoms with van der Waals surface area (Å²) in [7, 11) is 1.82. The van der Waals surface area contributed by atoms with E-state index in [-0.39, 0.29) is 11.7 Å². The molecule has 1 aliphatic rings. The molecule has 0 radical (unpaired) electrons. The monoisotopic (exact) mass is 296 g/mol. The highest BCUT2D eigenvalue weighted by molar-refractivity contribution is 5.51. The first-order valence-corrected chi connectivity index (χ1v) is 7.96. The van der Waals surface area contributed by atoms with E-state index in [0.29, 0.717) is 18.0 Å². The van der Waals surface area contributed by atoms with Gasteiger partial charge in [0.2, 0.25) is 0 Å². The van der Waals surface area contributed by atoms with Gasteiger partial charge in [-0.25, -0.2) is 8.78 Å². The van der Waals surface area contributed by atoms with Gasteiger partial charge in [-0.05, 0) is 43.0 Å². The first-order chi connectivity index (χ1) is 10.0. The Bertz CT molecular complexity index is 453. The molecule has 1 aromatic rings. The van der Waals surface area contributed by atoms with E-state index in [9.17, 15) is 8.78 Å². The van der Waals surface area contributed by atoms with Gasteiger partial charge < -0.3 is 10.2 Å². The molecule has 0 aliphatic heterocycles. The fourth-order valence-electron chi connectivity index (χ4n) is 3.36. The Morgan fingerprint density at radius 1 is 1.19 bits per heavy atom. The molecule has 2 rings (SSSR count). The van der Waals surface area contributed by atoms with Crippen LogP contribution in [0.3, 0.4) is 0 Å². The molecule has 2 nitrogen and oxygen atoms in total. The smallest absolute Gasteiger partial charge is 0.149 e. The maximum atomic E-state index is 14.4. The second-order valence-electron chi connectivity index (χ2n) is 6.13. The molecule has 0 aromatic heterocycles. The molecule has 21 heavy (non-hydrogen) atoms. The summed E-state index contributed by atoms with van der Waals surface area (Å²) in [5.41, 5.74) is 0.773. The van der Waals surface area contributed by atoms with Crippen LogP contribution in [0.25, 0.3) is 0 Å². The summed E-state index contributed by atoms with van der Waals surface area (Å²) in [4.78, 5) is 1.81. The lowest BCUT2D eigenvalue weighted by molar-refractivity contribution is 0.318. The summed E-state index contributed by atoms with van der Waals surface area (Å²) < 4.78 is 28.7. The second kappa shape index (κ2) is 7.21. The van der Waals surface area contributed by atoms with Crippen molar-refractivity contribution in [3.8, 4) is 0 Å². The van der Waals surface area contributed by atoms with E-state index >= 15 is 0 Å². The lowest BCUT2D eigenvalue weighted by atomic mass is 9.85. The number of anilines is 1. The molecule has 0 heterocycles. The van der Waals surface area contributed by atoms with Crippen molar-refractivity contribution in [2.75, 3.05) is 18.5 Å². The molecule has 1 aromatic carbocycles. The van der Waals surface area contributed by atoms with Gasteiger partial charge in [-0.2, -0.15) is 0 Å². The van der Waals surface area contributed by atoms with Crippen molar-refractivity contribution in [1.82, 2.24) is 5.32 Å². The number of benzene rings is 1. The van der Waals surface area contributed by atoms with E-state index in [4.69, 9.17) is 0 Å². The van der Waals surface area contributed by atoms with Crippen molar-refractivity contribution in [2.45, 2.75) is 52.1 Å². The molecule has 0 spiro atoms. The topological polar surface area (TPSA) is 15.3 Å². The Morgan fingerprint density at radius 3 is 2.38 bits per heavy atom. The molecule has 0 amide bonds. The summed E-state index contributed by atoms with van der Waals surface area (Å²) >= 11 is 0. The van der Waals surface area contributed by atoms with Crippen LogP contribution in [0.1, 0.15) is 45.1 Å². The van der Waals surface area contributed by atoms with Crippen molar-refractivity contribution >= 4 is 5.69 Å². The van der Waals surface area contributed by atoms with Crippen molar-refractivity contribution in [3.05, 3.63) is 29.3 Å². The summed E-state index contributed by atoms with van der Waals surface area (Å²) in [5, 5.41) is 3.09. The van der Waals surface area contributed by atoms with Crippen LogP contribution in [0.15, 0.2) is 12.1 Å². The fourth-order valence-corrected chi connectivity index (χ4v) is 3.36. The standard InChI is InChI=1S/C17H26F2N2/c1-4-20-11-13-9-14(18)17(15(19)10-13)21(3)16-8-6-5-7-12(16)2/h9-10,12,16,20H,4-8,11H2,1-3H3. The van der Waals surface area contributed by atoms with E-state index in [0.717, 1.165) is 25.8 Å². The third kappa shape index (κ3) is 3.73. The molecule has 2 unspecified atom stereocenters. The number of rotatable bonds is 5. The maximum absolute atomic E-state index is 14.4.